The van der Waals surface area contributed by atoms with Crippen molar-refractivity contribution in [1.29, 1.82) is 0 Å². The Labute approximate surface area is 282 Å². The molecule has 10 heteroatoms. The second-order valence-electron chi connectivity index (χ2n) is 15.3. The Morgan fingerprint density at radius 1 is 0.915 bits per heavy atom. The molecule has 2 fully saturated rings. The summed E-state index contributed by atoms with van der Waals surface area (Å²) in [6.07, 6.45) is 5.83. The monoisotopic (exact) mass is 668 g/mol. The molecule has 1 saturated carbocycles. The van der Waals surface area contributed by atoms with E-state index >= 15 is 0 Å². The van der Waals surface area contributed by atoms with Crippen LogP contribution < -0.4 is 16.0 Å². The number of aliphatic hydroxyl groups excluding tert-OH is 1. The van der Waals surface area contributed by atoms with Gasteiger partial charge in [0.15, 0.2) is 9.84 Å². The highest BCUT2D eigenvalue weighted by Gasteiger charge is 2.45. The van der Waals surface area contributed by atoms with E-state index in [0.29, 0.717) is 24.8 Å². The van der Waals surface area contributed by atoms with E-state index in [9.17, 15) is 23.1 Å². The fraction of sp³-hybridized carbons (Fsp3) is 0.622. The summed E-state index contributed by atoms with van der Waals surface area (Å²) in [5.41, 5.74) is 1.46. The first kappa shape index (κ1) is 37.0. The summed E-state index contributed by atoms with van der Waals surface area (Å²) in [6.45, 7) is 10.3. The van der Waals surface area contributed by atoms with Crippen LogP contribution in [0, 0.1) is 11.8 Å². The lowest BCUT2D eigenvalue weighted by molar-refractivity contribution is -0.133. The molecule has 1 heterocycles. The number of rotatable bonds is 13. The number of hydrogen-bond donors (Lipinski definition) is 4. The minimum Gasteiger partial charge on any atom is -0.390 e. The van der Waals surface area contributed by atoms with Gasteiger partial charge >= 0.3 is 0 Å². The topological polar surface area (TPSA) is 128 Å². The van der Waals surface area contributed by atoms with Crippen LogP contribution in [-0.4, -0.2) is 84.1 Å². The van der Waals surface area contributed by atoms with Gasteiger partial charge in [-0.05, 0) is 76.8 Å². The Morgan fingerprint density at radius 2 is 1.49 bits per heavy atom. The standard InChI is InChI=1S/C37H56N4O5S/c1-36(2,3)40-34(43)31-22-28-19-13-14-20-29(28)24-41(31)25-32(42)30(21-26-15-9-7-10-16-26)39-35(44)33(37(4,5)47(6,45)46)38-23-27-17-11-8-12-18-27/h7-12,15-18,28-33,38,42H,13-14,19-25H2,1-6H3,(H,39,44)(H,40,43)/t28?,29?,30-,31-,32+,33+/m0/s1. The SMILES string of the molecule is CC(C)(C)NC(=O)[C@@H]1CC2CCCCC2CN1C[C@@H](O)[C@H](Cc1ccccc1)NC(=O)[C@@H](NCc1ccccc1)C(C)(C)S(C)(=O)=O. The van der Waals surface area contributed by atoms with Crippen molar-refractivity contribution in [3.05, 3.63) is 71.8 Å². The highest BCUT2D eigenvalue weighted by Crippen LogP contribution is 2.39. The van der Waals surface area contributed by atoms with Crippen LogP contribution in [0.25, 0.3) is 0 Å². The Hall–Kier alpha value is -2.79. The molecule has 2 unspecified atom stereocenters. The van der Waals surface area contributed by atoms with Crippen LogP contribution in [0.3, 0.4) is 0 Å². The largest absolute Gasteiger partial charge is 0.390 e. The molecule has 2 aromatic carbocycles. The summed E-state index contributed by atoms with van der Waals surface area (Å²) in [4.78, 5) is 29.9. The normalized spacial score (nSPS) is 22.8. The maximum atomic E-state index is 14.1. The van der Waals surface area contributed by atoms with Gasteiger partial charge in [0, 0.05) is 31.4 Å². The minimum atomic E-state index is -3.67. The molecule has 2 amide bonds. The van der Waals surface area contributed by atoms with Crippen LogP contribution in [0.2, 0.25) is 0 Å². The number of aliphatic hydroxyl groups is 1. The molecule has 1 saturated heterocycles. The molecule has 0 aromatic heterocycles. The zero-order chi connectivity index (χ0) is 34.4. The predicted molar refractivity (Wildman–Crippen MR) is 187 cm³/mol. The molecule has 1 aliphatic heterocycles. The van der Waals surface area contributed by atoms with E-state index in [4.69, 9.17) is 0 Å². The van der Waals surface area contributed by atoms with E-state index in [1.54, 1.807) is 13.8 Å². The molecule has 0 bridgehead atoms. The van der Waals surface area contributed by atoms with Gasteiger partial charge in [0.1, 0.15) is 6.04 Å². The first-order valence-electron chi connectivity index (χ1n) is 17.1. The van der Waals surface area contributed by atoms with Crippen molar-refractivity contribution in [3.63, 3.8) is 0 Å². The van der Waals surface area contributed by atoms with Crippen LogP contribution in [-0.2, 0) is 32.4 Å². The second kappa shape index (κ2) is 15.6. The van der Waals surface area contributed by atoms with E-state index < -0.39 is 38.7 Å². The summed E-state index contributed by atoms with van der Waals surface area (Å²) < 4.78 is 24.5. The molecule has 47 heavy (non-hydrogen) atoms. The lowest BCUT2D eigenvalue weighted by Gasteiger charge is -2.47. The van der Waals surface area contributed by atoms with E-state index in [1.807, 2.05) is 81.4 Å². The van der Waals surface area contributed by atoms with E-state index in [0.717, 1.165) is 43.2 Å². The fourth-order valence-corrected chi connectivity index (χ4v) is 7.71. The number of hydrogen-bond acceptors (Lipinski definition) is 7. The van der Waals surface area contributed by atoms with Crippen molar-refractivity contribution in [1.82, 2.24) is 20.9 Å². The number of nitrogens with zero attached hydrogens (tertiary/aromatic N) is 1. The van der Waals surface area contributed by atoms with Crippen molar-refractivity contribution >= 4 is 21.7 Å². The maximum Gasteiger partial charge on any atom is 0.239 e. The molecule has 0 radical (unpaired) electrons. The van der Waals surface area contributed by atoms with Gasteiger partial charge in [-0.25, -0.2) is 8.42 Å². The Bertz CT molecular complexity index is 1430. The third kappa shape index (κ3) is 10.1. The number of nitrogens with one attached hydrogen (secondary N) is 3. The number of carbonyl (C=O) groups excluding carboxylic acids is 2. The Balaban J connectivity index is 1.60. The summed E-state index contributed by atoms with van der Waals surface area (Å²) in [5.74, 6) is 0.433. The minimum absolute atomic E-state index is 0.0301. The average Bonchev–Trinajstić information content (AvgIpc) is 3.00. The molecule has 0 spiro atoms. The summed E-state index contributed by atoms with van der Waals surface area (Å²) in [5, 5.41) is 21.4. The third-order valence-electron chi connectivity index (χ3n) is 10.1. The van der Waals surface area contributed by atoms with Crippen molar-refractivity contribution in [2.75, 3.05) is 19.3 Å². The smallest absolute Gasteiger partial charge is 0.239 e. The predicted octanol–water partition coefficient (Wildman–Crippen LogP) is 3.85. The number of carbonyl (C=O) groups is 2. The van der Waals surface area contributed by atoms with Gasteiger partial charge in [0.25, 0.3) is 0 Å². The van der Waals surface area contributed by atoms with E-state index in [1.165, 1.54) is 12.8 Å². The van der Waals surface area contributed by atoms with Crippen molar-refractivity contribution < 1.29 is 23.1 Å². The van der Waals surface area contributed by atoms with Crippen LogP contribution in [0.15, 0.2) is 60.7 Å². The molecular weight excluding hydrogens is 612 g/mol. The Kier molecular flexibility index (Phi) is 12.3. The van der Waals surface area contributed by atoms with Crippen LogP contribution in [0.5, 0.6) is 0 Å². The third-order valence-corrected chi connectivity index (χ3v) is 12.2. The van der Waals surface area contributed by atoms with Gasteiger partial charge in [-0.15, -0.1) is 0 Å². The summed E-state index contributed by atoms with van der Waals surface area (Å²) in [7, 11) is -3.67. The number of fused-ring (bicyclic) bond motifs is 1. The van der Waals surface area contributed by atoms with Gasteiger partial charge in [-0.2, -0.15) is 0 Å². The number of amides is 2. The van der Waals surface area contributed by atoms with Crippen LogP contribution in [0.4, 0.5) is 0 Å². The fourth-order valence-electron chi connectivity index (χ4n) is 7.10. The summed E-state index contributed by atoms with van der Waals surface area (Å²) >= 11 is 0. The molecule has 9 nitrogen and oxygen atoms in total. The van der Waals surface area contributed by atoms with Crippen molar-refractivity contribution in [2.24, 2.45) is 11.8 Å². The average molecular weight is 669 g/mol. The lowest BCUT2D eigenvalue weighted by Crippen LogP contribution is -2.63. The van der Waals surface area contributed by atoms with Crippen LogP contribution >= 0.6 is 0 Å². The zero-order valence-corrected chi connectivity index (χ0v) is 29.9. The highest BCUT2D eigenvalue weighted by atomic mass is 32.2. The Morgan fingerprint density at radius 3 is 2.06 bits per heavy atom. The van der Waals surface area contributed by atoms with Crippen molar-refractivity contribution in [2.45, 2.75) is 114 Å². The van der Waals surface area contributed by atoms with E-state index in [2.05, 4.69) is 20.9 Å². The number of piperidine rings is 1. The first-order valence-corrected chi connectivity index (χ1v) is 19.0. The molecule has 2 aromatic rings. The first-order chi connectivity index (χ1) is 22.0. The maximum absolute atomic E-state index is 14.1. The van der Waals surface area contributed by atoms with Gasteiger partial charge in [0.05, 0.1) is 22.9 Å². The molecule has 2 aliphatic rings. The quantitative estimate of drug-likeness (QED) is 0.255. The van der Waals surface area contributed by atoms with Crippen LogP contribution in [0.1, 0.15) is 77.8 Å². The number of sulfone groups is 1. The van der Waals surface area contributed by atoms with Gasteiger partial charge in [-0.3, -0.25) is 14.5 Å². The summed E-state index contributed by atoms with van der Waals surface area (Å²) in [6, 6.07) is 17.0. The molecule has 6 atom stereocenters. The molecule has 4 N–H and O–H groups in total. The second-order valence-corrected chi connectivity index (χ2v) is 17.9. The van der Waals surface area contributed by atoms with E-state index in [-0.39, 0.29) is 24.0 Å². The van der Waals surface area contributed by atoms with Gasteiger partial charge in [0.2, 0.25) is 11.8 Å². The lowest BCUT2D eigenvalue weighted by atomic mass is 9.72. The molecule has 260 valence electrons. The molecule has 1 aliphatic carbocycles. The van der Waals surface area contributed by atoms with Gasteiger partial charge in [-0.1, -0.05) is 79.9 Å². The number of benzene rings is 2. The number of β-amino-alcohol motifs (C(OH)–C–C–N with tert-alkyl or cyclic N) is 1. The zero-order valence-electron chi connectivity index (χ0n) is 29.0. The molecular formula is C37H56N4O5S. The van der Waals surface area contributed by atoms with Gasteiger partial charge < -0.3 is 21.1 Å². The highest BCUT2D eigenvalue weighted by molar-refractivity contribution is 7.92. The number of likely N-dealkylation sites (tertiary alicyclic amines) is 1. The van der Waals surface area contributed by atoms with Crippen molar-refractivity contribution in [3.8, 4) is 0 Å². The molecule has 4 rings (SSSR count).